The van der Waals surface area contributed by atoms with Gasteiger partial charge in [0.2, 0.25) is 0 Å². The Morgan fingerprint density at radius 3 is 1.81 bits per heavy atom. The summed E-state index contributed by atoms with van der Waals surface area (Å²) in [6.07, 6.45) is 14.3. The third-order valence-corrected chi connectivity index (χ3v) is 7.35. The summed E-state index contributed by atoms with van der Waals surface area (Å²) in [5.41, 5.74) is 4.42. The van der Waals surface area contributed by atoms with E-state index in [1.165, 1.54) is 68.9 Å². The van der Waals surface area contributed by atoms with Crippen LogP contribution in [0.3, 0.4) is 0 Å². The van der Waals surface area contributed by atoms with Gasteiger partial charge in [0, 0.05) is 0 Å². The van der Waals surface area contributed by atoms with E-state index in [0.717, 1.165) is 30.1 Å². The molecular formula is C27H36. The highest BCUT2D eigenvalue weighted by Gasteiger charge is 2.26. The molecule has 2 aromatic carbocycles. The van der Waals surface area contributed by atoms with Crippen molar-refractivity contribution in [3.63, 3.8) is 0 Å². The van der Waals surface area contributed by atoms with Crippen LogP contribution in [-0.4, -0.2) is 0 Å². The van der Waals surface area contributed by atoms with Crippen LogP contribution < -0.4 is 0 Å². The predicted octanol–water partition coefficient (Wildman–Crippen LogP) is 7.77. The molecule has 2 saturated carbocycles. The molecule has 0 spiro atoms. The number of benzene rings is 2. The summed E-state index contributed by atoms with van der Waals surface area (Å²) in [7, 11) is 0. The lowest BCUT2D eigenvalue weighted by atomic mass is 9.72. The highest BCUT2D eigenvalue weighted by molar-refractivity contribution is 5.30. The highest BCUT2D eigenvalue weighted by Crippen LogP contribution is 2.41. The molecule has 0 bridgehead atoms. The van der Waals surface area contributed by atoms with Gasteiger partial charge in [-0.25, -0.2) is 0 Å². The summed E-state index contributed by atoms with van der Waals surface area (Å²) in [5, 5.41) is 0. The average Bonchev–Trinajstić information content (AvgIpc) is 2.72. The Morgan fingerprint density at radius 2 is 1.19 bits per heavy atom. The molecule has 0 heteroatoms. The molecule has 4 rings (SSSR count). The molecule has 2 aliphatic carbocycles. The van der Waals surface area contributed by atoms with Crippen molar-refractivity contribution in [1.29, 1.82) is 0 Å². The molecule has 0 aromatic heterocycles. The van der Waals surface area contributed by atoms with Gasteiger partial charge >= 0.3 is 0 Å². The van der Waals surface area contributed by atoms with Crippen LogP contribution in [0.1, 0.15) is 87.3 Å². The Labute approximate surface area is 166 Å². The zero-order valence-electron chi connectivity index (χ0n) is 17.1. The van der Waals surface area contributed by atoms with Crippen molar-refractivity contribution in [1.82, 2.24) is 0 Å². The van der Waals surface area contributed by atoms with E-state index in [0.29, 0.717) is 0 Å². The third kappa shape index (κ3) is 5.24. The Bertz CT molecular complexity index is 668. The van der Waals surface area contributed by atoms with Crippen molar-refractivity contribution in [2.75, 3.05) is 0 Å². The first-order valence-electron chi connectivity index (χ1n) is 11.4. The SMILES string of the molecule is CC1CCC(CC2CCC(c3ccc(Cc4ccccc4)cc3)CC2)CC1. The maximum absolute atomic E-state index is 2.44. The Kier molecular flexibility index (Phi) is 6.32. The van der Waals surface area contributed by atoms with Gasteiger partial charge in [-0.1, -0.05) is 87.2 Å². The van der Waals surface area contributed by atoms with E-state index in [1.807, 2.05) is 0 Å². The van der Waals surface area contributed by atoms with E-state index in [1.54, 1.807) is 5.56 Å². The van der Waals surface area contributed by atoms with Crippen molar-refractivity contribution in [2.45, 2.75) is 77.0 Å². The first kappa shape index (κ1) is 18.8. The molecule has 0 unspecified atom stereocenters. The summed E-state index contributed by atoms with van der Waals surface area (Å²) in [6.45, 7) is 2.44. The van der Waals surface area contributed by atoms with Crippen molar-refractivity contribution in [3.05, 3.63) is 71.3 Å². The van der Waals surface area contributed by atoms with Crippen LogP contribution in [0.25, 0.3) is 0 Å². The minimum Gasteiger partial charge on any atom is -0.0625 e. The van der Waals surface area contributed by atoms with Crippen molar-refractivity contribution < 1.29 is 0 Å². The van der Waals surface area contributed by atoms with Crippen LogP contribution in [-0.2, 0) is 6.42 Å². The minimum atomic E-state index is 0.804. The maximum Gasteiger partial charge on any atom is -0.00258 e. The summed E-state index contributed by atoms with van der Waals surface area (Å²) in [6, 6.07) is 20.3. The molecule has 0 nitrogen and oxygen atoms in total. The van der Waals surface area contributed by atoms with E-state index < -0.39 is 0 Å². The van der Waals surface area contributed by atoms with Crippen LogP contribution in [0, 0.1) is 17.8 Å². The quantitative estimate of drug-likeness (QED) is 0.511. The lowest BCUT2D eigenvalue weighted by molar-refractivity contribution is 0.211. The Hall–Kier alpha value is -1.56. The molecule has 0 atom stereocenters. The van der Waals surface area contributed by atoms with Crippen molar-refractivity contribution in [3.8, 4) is 0 Å². The minimum absolute atomic E-state index is 0.804. The van der Waals surface area contributed by atoms with Gasteiger partial charge in [-0.3, -0.25) is 0 Å². The van der Waals surface area contributed by atoms with E-state index in [9.17, 15) is 0 Å². The number of rotatable bonds is 5. The molecule has 2 fully saturated rings. The standard InChI is InChI=1S/C27H36/c1-21-7-9-23(10-8-21)20-25-13-17-27(18-14-25)26-15-11-24(12-16-26)19-22-5-3-2-4-6-22/h2-6,11-12,15-16,21,23,25,27H,7-10,13-14,17-20H2,1H3. The second-order valence-electron chi connectivity index (χ2n) is 9.48. The van der Waals surface area contributed by atoms with Crippen LogP contribution in [0.4, 0.5) is 0 Å². The lowest BCUT2D eigenvalue weighted by Gasteiger charge is -2.33. The van der Waals surface area contributed by atoms with Gasteiger partial charge in [-0.05, 0) is 78.9 Å². The molecule has 0 amide bonds. The fourth-order valence-electron chi connectivity index (χ4n) is 5.51. The largest absolute Gasteiger partial charge is 0.0625 e. The van der Waals surface area contributed by atoms with Gasteiger partial charge in [-0.15, -0.1) is 0 Å². The summed E-state index contributed by atoms with van der Waals surface area (Å²) >= 11 is 0. The van der Waals surface area contributed by atoms with Gasteiger partial charge in [-0.2, -0.15) is 0 Å². The van der Waals surface area contributed by atoms with Gasteiger partial charge in [0.25, 0.3) is 0 Å². The zero-order chi connectivity index (χ0) is 18.5. The summed E-state index contributed by atoms with van der Waals surface area (Å²) in [4.78, 5) is 0. The Balaban J connectivity index is 1.25. The smallest absolute Gasteiger partial charge is 0.00258 e. The molecule has 0 N–H and O–H groups in total. The molecule has 0 aliphatic heterocycles. The van der Waals surface area contributed by atoms with Gasteiger partial charge < -0.3 is 0 Å². The first-order chi connectivity index (χ1) is 13.3. The van der Waals surface area contributed by atoms with Crippen LogP contribution in [0.15, 0.2) is 54.6 Å². The van der Waals surface area contributed by atoms with E-state index in [2.05, 4.69) is 61.5 Å². The fraction of sp³-hybridized carbons (Fsp3) is 0.556. The maximum atomic E-state index is 2.44. The van der Waals surface area contributed by atoms with Gasteiger partial charge in [0.1, 0.15) is 0 Å². The van der Waals surface area contributed by atoms with Crippen molar-refractivity contribution >= 4 is 0 Å². The molecule has 0 saturated heterocycles. The monoisotopic (exact) mass is 360 g/mol. The molecule has 27 heavy (non-hydrogen) atoms. The normalized spacial score (nSPS) is 28.8. The Morgan fingerprint density at radius 1 is 0.630 bits per heavy atom. The predicted molar refractivity (Wildman–Crippen MR) is 116 cm³/mol. The first-order valence-corrected chi connectivity index (χ1v) is 11.4. The second-order valence-corrected chi connectivity index (χ2v) is 9.48. The molecule has 2 aromatic rings. The third-order valence-electron chi connectivity index (χ3n) is 7.35. The number of hydrogen-bond donors (Lipinski definition) is 0. The van der Waals surface area contributed by atoms with Crippen LogP contribution >= 0.6 is 0 Å². The molecule has 144 valence electrons. The zero-order valence-corrected chi connectivity index (χ0v) is 17.1. The molecule has 2 aliphatic rings. The number of hydrogen-bond acceptors (Lipinski definition) is 0. The topological polar surface area (TPSA) is 0 Å². The molecule has 0 heterocycles. The van der Waals surface area contributed by atoms with Gasteiger partial charge in [0.05, 0.1) is 0 Å². The van der Waals surface area contributed by atoms with Crippen LogP contribution in [0.5, 0.6) is 0 Å². The van der Waals surface area contributed by atoms with Gasteiger partial charge in [0.15, 0.2) is 0 Å². The fourth-order valence-corrected chi connectivity index (χ4v) is 5.51. The van der Waals surface area contributed by atoms with E-state index in [4.69, 9.17) is 0 Å². The van der Waals surface area contributed by atoms with Crippen LogP contribution in [0.2, 0.25) is 0 Å². The lowest BCUT2D eigenvalue weighted by Crippen LogP contribution is -2.19. The van der Waals surface area contributed by atoms with E-state index in [-0.39, 0.29) is 0 Å². The van der Waals surface area contributed by atoms with Crippen molar-refractivity contribution in [2.24, 2.45) is 17.8 Å². The summed E-state index contributed by atoms with van der Waals surface area (Å²) < 4.78 is 0. The highest BCUT2D eigenvalue weighted by atomic mass is 14.3. The second kappa shape index (κ2) is 9.09. The van der Waals surface area contributed by atoms with E-state index >= 15 is 0 Å². The molecular weight excluding hydrogens is 324 g/mol. The average molecular weight is 361 g/mol. The molecule has 0 radical (unpaired) electrons. The summed E-state index contributed by atoms with van der Waals surface area (Å²) in [5.74, 6) is 3.84.